The van der Waals surface area contributed by atoms with Crippen LogP contribution in [0.4, 0.5) is 0 Å². The number of carbonyl (C=O) groups excluding carboxylic acids is 1. The molecule has 0 rings (SSSR count). The zero-order chi connectivity index (χ0) is 18.0. The highest BCUT2D eigenvalue weighted by molar-refractivity contribution is 5.77. The monoisotopic (exact) mass is 338 g/mol. The summed E-state index contributed by atoms with van der Waals surface area (Å²) < 4.78 is 0. The van der Waals surface area contributed by atoms with Gasteiger partial charge in [0.1, 0.15) is 0 Å². The molecular weight excluding hydrogens is 296 g/mol. The average Bonchev–Trinajstić information content (AvgIpc) is 2.57. The third-order valence-electron chi connectivity index (χ3n) is 4.88. The molecule has 0 spiro atoms. The quantitative estimate of drug-likeness (QED) is 0.272. The van der Waals surface area contributed by atoms with Crippen LogP contribution < -0.4 is 11.5 Å². The fourth-order valence-corrected chi connectivity index (χ4v) is 3.11. The fraction of sp³-hybridized carbons (Fsp3) is 0.857. The van der Waals surface area contributed by atoms with Gasteiger partial charge in [-0.3, -0.25) is 4.79 Å². The summed E-state index contributed by atoms with van der Waals surface area (Å²) in [5, 5.41) is 0. The minimum Gasteiger partial charge on any atom is -0.369 e. The number of allylic oxidation sites excluding steroid dienone is 2. The second kappa shape index (κ2) is 17.0. The van der Waals surface area contributed by atoms with Crippen LogP contribution >= 0.6 is 0 Å². The molecule has 2 atom stereocenters. The molecule has 4 N–H and O–H groups in total. The largest absolute Gasteiger partial charge is 0.369 e. The standard InChI is InChI=1S/C21H42N2O/c1-3-5-6-7-8-9-10-11-12-13-14-15-16-17-18-19(21(23)24)20(22)4-2/h11-12,19-20H,3-10,13-18,22H2,1-2H3,(H2,23,24). The van der Waals surface area contributed by atoms with Gasteiger partial charge in [0.2, 0.25) is 5.91 Å². The molecule has 0 saturated carbocycles. The molecule has 3 heteroatoms. The SMILES string of the molecule is CCCCCCCCC=CCCCCCCC(C(N)=O)C(N)CC. The maximum absolute atomic E-state index is 11.4. The van der Waals surface area contributed by atoms with E-state index in [4.69, 9.17) is 11.5 Å². The van der Waals surface area contributed by atoms with E-state index < -0.39 is 0 Å². The van der Waals surface area contributed by atoms with Crippen molar-refractivity contribution < 1.29 is 4.79 Å². The van der Waals surface area contributed by atoms with E-state index in [9.17, 15) is 4.79 Å². The predicted octanol–water partition coefficient (Wildman–Crippen LogP) is 5.47. The molecule has 0 saturated heterocycles. The zero-order valence-electron chi connectivity index (χ0n) is 16.3. The first-order valence-electron chi connectivity index (χ1n) is 10.3. The maximum Gasteiger partial charge on any atom is 0.222 e. The minimum absolute atomic E-state index is 0.0765. The Bertz CT molecular complexity index is 315. The second-order valence-corrected chi connectivity index (χ2v) is 7.10. The Balaban J connectivity index is 3.43. The predicted molar refractivity (Wildman–Crippen MR) is 106 cm³/mol. The molecule has 2 unspecified atom stereocenters. The van der Waals surface area contributed by atoms with Crippen LogP contribution in [-0.4, -0.2) is 11.9 Å². The summed E-state index contributed by atoms with van der Waals surface area (Å²) in [5.74, 6) is -0.380. The molecular formula is C21H42N2O. The van der Waals surface area contributed by atoms with E-state index in [0.717, 1.165) is 19.3 Å². The van der Waals surface area contributed by atoms with Gasteiger partial charge in [-0.05, 0) is 38.5 Å². The minimum atomic E-state index is -0.234. The number of unbranched alkanes of at least 4 members (excludes halogenated alkanes) is 10. The summed E-state index contributed by atoms with van der Waals surface area (Å²) in [5.41, 5.74) is 11.4. The van der Waals surface area contributed by atoms with Gasteiger partial charge in [0.05, 0.1) is 5.92 Å². The van der Waals surface area contributed by atoms with Gasteiger partial charge in [-0.1, -0.05) is 77.4 Å². The van der Waals surface area contributed by atoms with Crippen LogP contribution in [-0.2, 0) is 4.79 Å². The lowest BCUT2D eigenvalue weighted by atomic mass is 9.91. The number of nitrogens with two attached hydrogens (primary N) is 2. The van der Waals surface area contributed by atoms with Crippen molar-refractivity contribution in [2.24, 2.45) is 17.4 Å². The van der Waals surface area contributed by atoms with Crippen LogP contribution in [0.5, 0.6) is 0 Å². The first kappa shape index (κ1) is 23.2. The molecule has 0 radical (unpaired) electrons. The molecule has 24 heavy (non-hydrogen) atoms. The fourth-order valence-electron chi connectivity index (χ4n) is 3.11. The lowest BCUT2D eigenvalue weighted by Crippen LogP contribution is -2.38. The number of rotatable bonds is 17. The molecule has 0 aliphatic carbocycles. The van der Waals surface area contributed by atoms with Crippen LogP contribution in [0.25, 0.3) is 0 Å². The van der Waals surface area contributed by atoms with Gasteiger partial charge in [0.25, 0.3) is 0 Å². The molecule has 0 aliphatic heterocycles. The van der Waals surface area contributed by atoms with E-state index in [2.05, 4.69) is 19.1 Å². The van der Waals surface area contributed by atoms with Crippen molar-refractivity contribution in [3.05, 3.63) is 12.2 Å². The maximum atomic E-state index is 11.4. The number of hydrogen-bond donors (Lipinski definition) is 2. The first-order valence-corrected chi connectivity index (χ1v) is 10.3. The second-order valence-electron chi connectivity index (χ2n) is 7.10. The van der Waals surface area contributed by atoms with E-state index in [0.29, 0.717) is 0 Å². The summed E-state index contributed by atoms with van der Waals surface area (Å²) in [7, 11) is 0. The van der Waals surface area contributed by atoms with Gasteiger partial charge in [-0.2, -0.15) is 0 Å². The molecule has 0 bridgehead atoms. The van der Waals surface area contributed by atoms with Crippen molar-refractivity contribution in [3.63, 3.8) is 0 Å². The Kier molecular flexibility index (Phi) is 16.4. The highest BCUT2D eigenvalue weighted by atomic mass is 16.1. The van der Waals surface area contributed by atoms with E-state index >= 15 is 0 Å². The topological polar surface area (TPSA) is 69.1 Å². The Morgan fingerprint density at radius 2 is 1.33 bits per heavy atom. The van der Waals surface area contributed by atoms with Gasteiger partial charge in [0, 0.05) is 6.04 Å². The van der Waals surface area contributed by atoms with Crippen LogP contribution in [0.1, 0.15) is 104 Å². The number of carbonyl (C=O) groups is 1. The third-order valence-corrected chi connectivity index (χ3v) is 4.88. The molecule has 0 heterocycles. The van der Waals surface area contributed by atoms with Crippen molar-refractivity contribution >= 4 is 5.91 Å². The first-order chi connectivity index (χ1) is 11.6. The van der Waals surface area contributed by atoms with Crippen molar-refractivity contribution in [2.75, 3.05) is 0 Å². The van der Waals surface area contributed by atoms with E-state index in [1.165, 1.54) is 70.6 Å². The molecule has 0 fully saturated rings. The molecule has 0 aromatic rings. The van der Waals surface area contributed by atoms with Crippen molar-refractivity contribution in [2.45, 2.75) is 110 Å². The van der Waals surface area contributed by atoms with Gasteiger partial charge in [0.15, 0.2) is 0 Å². The highest BCUT2D eigenvalue weighted by Gasteiger charge is 2.21. The van der Waals surface area contributed by atoms with E-state index in [-0.39, 0.29) is 17.9 Å². The summed E-state index contributed by atoms with van der Waals surface area (Å²) in [6.45, 7) is 4.27. The highest BCUT2D eigenvalue weighted by Crippen LogP contribution is 2.16. The van der Waals surface area contributed by atoms with Gasteiger partial charge in [-0.15, -0.1) is 0 Å². The normalized spacial score (nSPS) is 14.1. The summed E-state index contributed by atoms with van der Waals surface area (Å²) in [4.78, 5) is 11.4. The molecule has 142 valence electrons. The molecule has 0 aromatic heterocycles. The van der Waals surface area contributed by atoms with Gasteiger partial charge < -0.3 is 11.5 Å². The Morgan fingerprint density at radius 3 is 1.83 bits per heavy atom. The molecule has 0 aromatic carbocycles. The van der Waals surface area contributed by atoms with Crippen molar-refractivity contribution in [1.29, 1.82) is 0 Å². The number of amides is 1. The smallest absolute Gasteiger partial charge is 0.222 e. The lowest BCUT2D eigenvalue weighted by Gasteiger charge is -2.19. The van der Waals surface area contributed by atoms with Crippen LogP contribution in [0.15, 0.2) is 12.2 Å². The molecule has 0 aliphatic rings. The van der Waals surface area contributed by atoms with Crippen LogP contribution in [0.2, 0.25) is 0 Å². The van der Waals surface area contributed by atoms with Crippen molar-refractivity contribution in [3.8, 4) is 0 Å². The number of hydrogen-bond acceptors (Lipinski definition) is 2. The van der Waals surface area contributed by atoms with Crippen LogP contribution in [0, 0.1) is 5.92 Å². The summed E-state index contributed by atoms with van der Waals surface area (Å²) in [6.07, 6.45) is 21.7. The summed E-state index contributed by atoms with van der Waals surface area (Å²) >= 11 is 0. The molecule has 3 nitrogen and oxygen atoms in total. The Morgan fingerprint density at radius 1 is 0.833 bits per heavy atom. The van der Waals surface area contributed by atoms with E-state index in [1.54, 1.807) is 0 Å². The zero-order valence-corrected chi connectivity index (χ0v) is 16.3. The van der Waals surface area contributed by atoms with E-state index in [1.807, 2.05) is 6.92 Å². The average molecular weight is 339 g/mol. The Hall–Kier alpha value is -0.830. The van der Waals surface area contributed by atoms with Gasteiger partial charge >= 0.3 is 0 Å². The van der Waals surface area contributed by atoms with Crippen molar-refractivity contribution in [1.82, 2.24) is 0 Å². The van der Waals surface area contributed by atoms with Crippen LogP contribution in [0.3, 0.4) is 0 Å². The van der Waals surface area contributed by atoms with Gasteiger partial charge in [-0.25, -0.2) is 0 Å². The lowest BCUT2D eigenvalue weighted by molar-refractivity contribution is -0.122. The number of primary amides is 1. The Labute approximate surface area is 150 Å². The third kappa shape index (κ3) is 13.6. The summed E-state index contributed by atoms with van der Waals surface area (Å²) in [6, 6.07) is -0.0765. The molecule has 1 amide bonds.